The number of ether oxygens (including phenoxy) is 2. The maximum absolute atomic E-state index is 12.2. The van der Waals surface area contributed by atoms with Crippen molar-refractivity contribution in [2.24, 2.45) is 0 Å². The molecule has 0 aromatic heterocycles. The molecule has 1 aliphatic heterocycles. The number of benzene rings is 1. The molecule has 0 radical (unpaired) electrons. The van der Waals surface area contributed by atoms with Gasteiger partial charge in [0.15, 0.2) is 0 Å². The predicted molar refractivity (Wildman–Crippen MR) is 68.5 cm³/mol. The lowest BCUT2D eigenvalue weighted by molar-refractivity contribution is -0.178. The molecule has 98 valence electrons. The van der Waals surface area contributed by atoms with Gasteiger partial charge in [0.2, 0.25) is 5.60 Å². The first-order valence-corrected chi connectivity index (χ1v) is 6.10. The van der Waals surface area contributed by atoms with Gasteiger partial charge >= 0.3 is 5.97 Å². The van der Waals surface area contributed by atoms with Crippen molar-refractivity contribution in [1.82, 2.24) is 5.32 Å². The average Bonchev–Trinajstić information content (AvgIpc) is 2.22. The third-order valence-electron chi connectivity index (χ3n) is 2.65. The number of nitrogens with one attached hydrogen (secondary N) is 1. The summed E-state index contributed by atoms with van der Waals surface area (Å²) in [5.41, 5.74) is -1.38. The lowest BCUT2D eigenvalue weighted by atomic mass is 9.96. The topological polar surface area (TPSA) is 47.6 Å². The van der Waals surface area contributed by atoms with Gasteiger partial charge in [-0.1, -0.05) is 18.2 Å². The highest BCUT2D eigenvalue weighted by Gasteiger charge is 2.49. The van der Waals surface area contributed by atoms with Crippen LogP contribution in [0.3, 0.4) is 0 Å². The second kappa shape index (κ2) is 4.61. The van der Waals surface area contributed by atoms with E-state index in [0.29, 0.717) is 18.8 Å². The quantitative estimate of drug-likeness (QED) is 0.829. The Balaban J connectivity index is 2.09. The van der Waals surface area contributed by atoms with Crippen molar-refractivity contribution >= 4 is 5.97 Å². The van der Waals surface area contributed by atoms with Crippen LogP contribution in [0.25, 0.3) is 0 Å². The van der Waals surface area contributed by atoms with Gasteiger partial charge in [-0.05, 0) is 32.9 Å². The normalized spacial score (nSPS) is 17.7. The third kappa shape index (κ3) is 2.82. The van der Waals surface area contributed by atoms with E-state index in [4.69, 9.17) is 9.47 Å². The Bertz CT molecular complexity index is 418. The molecule has 1 aromatic rings. The van der Waals surface area contributed by atoms with Gasteiger partial charge in [-0.2, -0.15) is 0 Å². The molecular formula is C14H19NO3. The summed E-state index contributed by atoms with van der Waals surface area (Å²) < 4.78 is 11.2. The lowest BCUT2D eigenvalue weighted by Crippen LogP contribution is -2.68. The van der Waals surface area contributed by atoms with E-state index in [2.05, 4.69) is 5.32 Å². The fraction of sp³-hybridized carbons (Fsp3) is 0.500. The second-order valence-corrected chi connectivity index (χ2v) is 5.51. The highest BCUT2D eigenvalue weighted by atomic mass is 16.6. The molecule has 1 heterocycles. The fourth-order valence-corrected chi connectivity index (χ4v) is 1.70. The number of para-hydroxylation sites is 1. The predicted octanol–water partition coefficient (Wildman–Crippen LogP) is 1.75. The van der Waals surface area contributed by atoms with Crippen molar-refractivity contribution < 1.29 is 14.3 Å². The van der Waals surface area contributed by atoms with Crippen molar-refractivity contribution in [1.29, 1.82) is 0 Å². The van der Waals surface area contributed by atoms with Gasteiger partial charge in [0, 0.05) is 13.1 Å². The monoisotopic (exact) mass is 249 g/mol. The van der Waals surface area contributed by atoms with Gasteiger partial charge in [-0.15, -0.1) is 0 Å². The summed E-state index contributed by atoms with van der Waals surface area (Å²) in [6.45, 7) is 6.53. The molecule has 0 amide bonds. The van der Waals surface area contributed by atoms with Crippen LogP contribution in [0, 0.1) is 0 Å². The number of hydrogen-bond acceptors (Lipinski definition) is 4. The molecule has 1 aromatic carbocycles. The molecule has 0 saturated carbocycles. The summed E-state index contributed by atoms with van der Waals surface area (Å²) in [5.74, 6) is 0.377. The standard InChI is InChI=1S/C14H19NO3/c1-13(2,3)18-12(16)14(9-15-10-14)17-11-7-5-4-6-8-11/h4-8,15H,9-10H2,1-3H3. The number of rotatable bonds is 3. The van der Waals surface area contributed by atoms with Crippen molar-refractivity contribution in [3.05, 3.63) is 30.3 Å². The largest absolute Gasteiger partial charge is 0.473 e. The van der Waals surface area contributed by atoms with Gasteiger partial charge < -0.3 is 14.8 Å². The van der Waals surface area contributed by atoms with E-state index in [1.54, 1.807) is 0 Å². The molecule has 0 bridgehead atoms. The minimum atomic E-state index is -0.880. The van der Waals surface area contributed by atoms with E-state index >= 15 is 0 Å². The Morgan fingerprint density at radius 1 is 1.22 bits per heavy atom. The molecule has 1 fully saturated rings. The van der Waals surface area contributed by atoms with Crippen LogP contribution < -0.4 is 10.1 Å². The summed E-state index contributed by atoms with van der Waals surface area (Å²) in [6, 6.07) is 9.34. The maximum Gasteiger partial charge on any atom is 0.353 e. The van der Waals surface area contributed by atoms with Crippen molar-refractivity contribution in [2.45, 2.75) is 32.0 Å². The zero-order chi connectivity index (χ0) is 13.2. The smallest absolute Gasteiger partial charge is 0.353 e. The first kappa shape index (κ1) is 12.9. The van der Waals surface area contributed by atoms with Crippen LogP contribution in [0.15, 0.2) is 30.3 Å². The Morgan fingerprint density at radius 3 is 2.28 bits per heavy atom. The van der Waals surface area contributed by atoms with Gasteiger partial charge in [0.05, 0.1) is 0 Å². The third-order valence-corrected chi connectivity index (χ3v) is 2.65. The van der Waals surface area contributed by atoms with Gasteiger partial charge in [0.1, 0.15) is 11.4 Å². The molecule has 4 heteroatoms. The summed E-state index contributed by atoms with van der Waals surface area (Å²) in [5, 5.41) is 3.06. The first-order chi connectivity index (χ1) is 8.41. The Hall–Kier alpha value is -1.55. The van der Waals surface area contributed by atoms with Gasteiger partial charge in [-0.3, -0.25) is 0 Å². The summed E-state index contributed by atoms with van der Waals surface area (Å²) in [7, 11) is 0. The Morgan fingerprint density at radius 2 is 1.83 bits per heavy atom. The number of carbonyl (C=O) groups excluding carboxylic acids is 1. The van der Waals surface area contributed by atoms with E-state index in [0.717, 1.165) is 0 Å². The molecule has 0 spiro atoms. The van der Waals surface area contributed by atoms with E-state index in [1.807, 2.05) is 51.1 Å². The zero-order valence-corrected chi connectivity index (χ0v) is 11.0. The average molecular weight is 249 g/mol. The molecule has 0 aliphatic carbocycles. The second-order valence-electron chi connectivity index (χ2n) is 5.51. The minimum absolute atomic E-state index is 0.308. The Labute approximate surface area is 107 Å². The molecule has 4 nitrogen and oxygen atoms in total. The Kier molecular flexibility index (Phi) is 3.30. The molecule has 0 unspecified atom stereocenters. The maximum atomic E-state index is 12.2. The van der Waals surface area contributed by atoms with Crippen LogP contribution in [0.5, 0.6) is 5.75 Å². The molecule has 18 heavy (non-hydrogen) atoms. The SMILES string of the molecule is CC(C)(C)OC(=O)C1(Oc2ccccc2)CNC1. The van der Waals surface area contributed by atoms with Crippen molar-refractivity contribution in [3.8, 4) is 5.75 Å². The van der Waals surface area contributed by atoms with Crippen LogP contribution >= 0.6 is 0 Å². The number of hydrogen-bond donors (Lipinski definition) is 1. The van der Waals surface area contributed by atoms with Crippen molar-refractivity contribution in [3.63, 3.8) is 0 Å². The molecule has 1 N–H and O–H groups in total. The van der Waals surface area contributed by atoms with Crippen LogP contribution in [-0.4, -0.2) is 30.3 Å². The molecule has 0 atom stereocenters. The minimum Gasteiger partial charge on any atom is -0.473 e. The molecule has 1 saturated heterocycles. The molecule has 1 aliphatic rings. The summed E-state index contributed by atoms with van der Waals surface area (Å²) in [6.07, 6.45) is 0. The number of esters is 1. The van der Waals surface area contributed by atoms with E-state index in [1.165, 1.54) is 0 Å². The van der Waals surface area contributed by atoms with Gasteiger partial charge in [-0.25, -0.2) is 4.79 Å². The van der Waals surface area contributed by atoms with Gasteiger partial charge in [0.25, 0.3) is 0 Å². The first-order valence-electron chi connectivity index (χ1n) is 6.10. The highest BCUT2D eigenvalue weighted by Crippen LogP contribution is 2.25. The zero-order valence-electron chi connectivity index (χ0n) is 11.0. The van der Waals surface area contributed by atoms with E-state index in [-0.39, 0.29) is 5.97 Å². The van der Waals surface area contributed by atoms with Crippen LogP contribution in [0.4, 0.5) is 0 Å². The highest BCUT2D eigenvalue weighted by molar-refractivity contribution is 5.82. The van der Waals surface area contributed by atoms with Crippen LogP contribution in [-0.2, 0) is 9.53 Å². The molecular weight excluding hydrogens is 230 g/mol. The van der Waals surface area contributed by atoms with E-state index in [9.17, 15) is 4.79 Å². The van der Waals surface area contributed by atoms with E-state index < -0.39 is 11.2 Å². The van der Waals surface area contributed by atoms with Crippen LogP contribution in [0.1, 0.15) is 20.8 Å². The summed E-state index contributed by atoms with van der Waals surface area (Å²) in [4.78, 5) is 12.2. The molecule has 2 rings (SSSR count). The van der Waals surface area contributed by atoms with Crippen LogP contribution in [0.2, 0.25) is 0 Å². The van der Waals surface area contributed by atoms with Crippen molar-refractivity contribution in [2.75, 3.05) is 13.1 Å². The lowest BCUT2D eigenvalue weighted by Gasteiger charge is -2.41. The fourth-order valence-electron chi connectivity index (χ4n) is 1.70. The number of carbonyl (C=O) groups is 1. The summed E-state index contributed by atoms with van der Waals surface area (Å²) >= 11 is 0.